The fourth-order valence-corrected chi connectivity index (χ4v) is 1.50. The van der Waals surface area contributed by atoms with Crippen LogP contribution in [0.25, 0.3) is 11.3 Å². The Kier molecular flexibility index (Phi) is 4.06. The molecule has 1 heterocycles. The fourth-order valence-electron chi connectivity index (χ4n) is 1.50. The summed E-state index contributed by atoms with van der Waals surface area (Å²) in [6.07, 6.45) is 2.02. The molecule has 0 amide bonds. The van der Waals surface area contributed by atoms with E-state index in [2.05, 4.69) is 9.97 Å². The Balaban J connectivity index is 2.07. The zero-order valence-corrected chi connectivity index (χ0v) is 9.84. The van der Waals surface area contributed by atoms with E-state index in [-0.39, 0.29) is 12.6 Å². The van der Waals surface area contributed by atoms with Crippen molar-refractivity contribution in [3.63, 3.8) is 0 Å². The Hall–Kier alpha value is -2.17. The second kappa shape index (κ2) is 5.95. The van der Waals surface area contributed by atoms with Crippen molar-refractivity contribution in [2.45, 2.75) is 6.42 Å². The van der Waals surface area contributed by atoms with Gasteiger partial charge in [0.25, 0.3) is 0 Å². The number of hydrogen-bond acceptors (Lipinski definition) is 4. The van der Waals surface area contributed by atoms with Crippen molar-refractivity contribution in [1.82, 2.24) is 9.97 Å². The highest BCUT2D eigenvalue weighted by Crippen LogP contribution is 2.20. The summed E-state index contributed by atoms with van der Waals surface area (Å²) >= 11 is 0. The van der Waals surface area contributed by atoms with Crippen LogP contribution in [0.15, 0.2) is 36.5 Å². The van der Waals surface area contributed by atoms with E-state index in [1.54, 1.807) is 12.3 Å². The number of aromatic nitrogens is 2. The quantitative estimate of drug-likeness (QED) is 0.824. The first-order chi connectivity index (χ1) is 8.79. The highest BCUT2D eigenvalue weighted by molar-refractivity contribution is 5.60. The molecule has 0 fully saturated rings. The first-order valence-electron chi connectivity index (χ1n) is 5.67. The van der Waals surface area contributed by atoms with Crippen molar-refractivity contribution in [2.75, 3.05) is 19.0 Å². The smallest absolute Gasteiger partial charge is 0.220 e. The zero-order chi connectivity index (χ0) is 12.8. The molecule has 0 spiro atoms. The van der Waals surface area contributed by atoms with E-state index in [0.29, 0.717) is 18.8 Å². The zero-order valence-electron chi connectivity index (χ0n) is 9.84. The molecule has 1 aromatic heterocycles. The summed E-state index contributed by atoms with van der Waals surface area (Å²) in [7, 11) is 0. The van der Waals surface area contributed by atoms with Crippen LogP contribution in [0.4, 0.5) is 10.3 Å². The van der Waals surface area contributed by atoms with Crippen molar-refractivity contribution in [3.8, 4) is 17.0 Å². The standard InChI is InChI=1S/C13H14FN3O/c14-7-1-9-18-11-4-2-10(3-5-11)12-6-8-16-13(15)17-12/h2-6,8H,1,7,9H2,(H2,15,16,17). The van der Waals surface area contributed by atoms with E-state index in [0.717, 1.165) is 11.3 Å². The molecule has 0 bridgehead atoms. The van der Waals surface area contributed by atoms with Crippen LogP contribution in [0.1, 0.15) is 6.42 Å². The maximum Gasteiger partial charge on any atom is 0.220 e. The number of benzene rings is 1. The third-order valence-corrected chi connectivity index (χ3v) is 2.37. The van der Waals surface area contributed by atoms with Gasteiger partial charge < -0.3 is 10.5 Å². The summed E-state index contributed by atoms with van der Waals surface area (Å²) in [6.45, 7) is 0.0224. The Morgan fingerprint density at radius 1 is 1.17 bits per heavy atom. The Labute approximate surface area is 105 Å². The van der Waals surface area contributed by atoms with Gasteiger partial charge in [-0.3, -0.25) is 4.39 Å². The molecule has 0 atom stereocenters. The monoisotopic (exact) mass is 247 g/mol. The Morgan fingerprint density at radius 2 is 1.94 bits per heavy atom. The van der Waals surface area contributed by atoms with Crippen molar-refractivity contribution in [3.05, 3.63) is 36.5 Å². The van der Waals surface area contributed by atoms with Crippen LogP contribution in [-0.2, 0) is 0 Å². The van der Waals surface area contributed by atoms with Crippen molar-refractivity contribution in [2.24, 2.45) is 0 Å². The number of ether oxygens (including phenoxy) is 1. The van der Waals surface area contributed by atoms with Gasteiger partial charge in [0, 0.05) is 18.2 Å². The first kappa shape index (κ1) is 12.3. The summed E-state index contributed by atoms with van der Waals surface area (Å²) in [5, 5.41) is 0. The van der Waals surface area contributed by atoms with Gasteiger partial charge in [0.15, 0.2) is 0 Å². The van der Waals surface area contributed by atoms with Gasteiger partial charge in [0.2, 0.25) is 5.95 Å². The normalized spacial score (nSPS) is 10.3. The highest BCUT2D eigenvalue weighted by Gasteiger charge is 2.01. The minimum atomic E-state index is -0.363. The van der Waals surface area contributed by atoms with E-state index in [1.165, 1.54) is 0 Å². The van der Waals surface area contributed by atoms with E-state index < -0.39 is 0 Å². The Morgan fingerprint density at radius 3 is 2.61 bits per heavy atom. The van der Waals surface area contributed by atoms with Gasteiger partial charge in [-0.15, -0.1) is 0 Å². The van der Waals surface area contributed by atoms with Crippen molar-refractivity contribution in [1.29, 1.82) is 0 Å². The Bertz CT molecular complexity index is 502. The second-order valence-electron chi connectivity index (χ2n) is 3.72. The van der Waals surface area contributed by atoms with Crippen molar-refractivity contribution >= 4 is 5.95 Å². The van der Waals surface area contributed by atoms with Crippen LogP contribution in [0, 0.1) is 0 Å². The predicted molar refractivity (Wildman–Crippen MR) is 68.0 cm³/mol. The van der Waals surface area contributed by atoms with E-state index >= 15 is 0 Å². The lowest BCUT2D eigenvalue weighted by Gasteiger charge is -2.06. The molecule has 0 saturated carbocycles. The average Bonchev–Trinajstić information content (AvgIpc) is 2.40. The molecule has 2 rings (SSSR count). The molecule has 0 aliphatic heterocycles. The summed E-state index contributed by atoms with van der Waals surface area (Å²) in [6, 6.07) is 9.20. The number of hydrogen-bond donors (Lipinski definition) is 1. The van der Waals surface area contributed by atoms with Crippen LogP contribution in [0.5, 0.6) is 5.75 Å². The number of nitrogens with two attached hydrogens (primary N) is 1. The highest BCUT2D eigenvalue weighted by atomic mass is 19.1. The topological polar surface area (TPSA) is 61.0 Å². The molecule has 0 aliphatic carbocycles. The van der Waals surface area contributed by atoms with Crippen LogP contribution >= 0.6 is 0 Å². The lowest BCUT2D eigenvalue weighted by atomic mass is 10.1. The fraction of sp³-hybridized carbons (Fsp3) is 0.231. The van der Waals surface area contributed by atoms with Gasteiger partial charge in [-0.05, 0) is 30.3 Å². The number of alkyl halides is 1. The number of halogens is 1. The van der Waals surface area contributed by atoms with Gasteiger partial charge in [-0.1, -0.05) is 0 Å². The van der Waals surface area contributed by atoms with E-state index in [1.807, 2.05) is 24.3 Å². The first-order valence-corrected chi connectivity index (χ1v) is 5.67. The largest absolute Gasteiger partial charge is 0.493 e. The molecule has 94 valence electrons. The van der Waals surface area contributed by atoms with Crippen LogP contribution in [0.2, 0.25) is 0 Å². The molecule has 2 N–H and O–H groups in total. The van der Waals surface area contributed by atoms with Crippen LogP contribution in [-0.4, -0.2) is 23.2 Å². The third kappa shape index (κ3) is 3.16. The molecular formula is C13H14FN3O. The maximum atomic E-state index is 11.9. The molecule has 0 saturated heterocycles. The maximum absolute atomic E-state index is 11.9. The SMILES string of the molecule is Nc1nccc(-c2ccc(OCCCF)cc2)n1. The third-order valence-electron chi connectivity index (χ3n) is 2.37. The lowest BCUT2D eigenvalue weighted by molar-refractivity contribution is 0.289. The molecule has 5 heteroatoms. The summed E-state index contributed by atoms with van der Waals surface area (Å²) in [5.41, 5.74) is 7.22. The molecule has 2 aromatic rings. The van der Waals surface area contributed by atoms with Crippen LogP contribution < -0.4 is 10.5 Å². The van der Waals surface area contributed by atoms with Gasteiger partial charge in [-0.25, -0.2) is 9.97 Å². The molecule has 4 nitrogen and oxygen atoms in total. The molecule has 0 unspecified atom stereocenters. The average molecular weight is 247 g/mol. The summed E-state index contributed by atoms with van der Waals surface area (Å²) in [4.78, 5) is 7.96. The molecule has 0 aliphatic rings. The predicted octanol–water partition coefficient (Wildman–Crippen LogP) is 2.46. The molecule has 18 heavy (non-hydrogen) atoms. The van der Waals surface area contributed by atoms with Gasteiger partial charge in [0.1, 0.15) is 5.75 Å². The minimum absolute atomic E-state index is 0.246. The number of nitrogen functional groups attached to an aromatic ring is 1. The number of nitrogens with zero attached hydrogens (tertiary/aromatic N) is 2. The summed E-state index contributed by atoms with van der Waals surface area (Å²) in [5.74, 6) is 0.963. The molecular weight excluding hydrogens is 233 g/mol. The van der Waals surface area contributed by atoms with Crippen molar-refractivity contribution < 1.29 is 9.13 Å². The summed E-state index contributed by atoms with van der Waals surface area (Å²) < 4.78 is 17.3. The number of anilines is 1. The molecule has 0 radical (unpaired) electrons. The minimum Gasteiger partial charge on any atom is -0.493 e. The van der Waals surface area contributed by atoms with E-state index in [4.69, 9.17) is 10.5 Å². The van der Waals surface area contributed by atoms with E-state index in [9.17, 15) is 4.39 Å². The van der Waals surface area contributed by atoms with Crippen LogP contribution in [0.3, 0.4) is 0 Å². The van der Waals surface area contributed by atoms with Gasteiger partial charge in [0.05, 0.1) is 19.0 Å². The van der Waals surface area contributed by atoms with Gasteiger partial charge in [-0.2, -0.15) is 0 Å². The second-order valence-corrected chi connectivity index (χ2v) is 3.72. The van der Waals surface area contributed by atoms with Gasteiger partial charge >= 0.3 is 0 Å². The number of rotatable bonds is 5. The lowest BCUT2D eigenvalue weighted by Crippen LogP contribution is -1.98. The molecule has 1 aromatic carbocycles.